The third-order valence-corrected chi connectivity index (χ3v) is 11.0. The summed E-state index contributed by atoms with van der Waals surface area (Å²) in [6.07, 6.45) is 8.66. The molecular formula is C44H36Br2N8O. The van der Waals surface area contributed by atoms with Crippen molar-refractivity contribution < 1.29 is 4.74 Å². The summed E-state index contributed by atoms with van der Waals surface area (Å²) in [6.45, 7) is 2.49. The van der Waals surface area contributed by atoms with Crippen LogP contribution in [0.5, 0.6) is 5.75 Å². The van der Waals surface area contributed by atoms with Crippen LogP contribution in [0.4, 0.5) is 0 Å². The van der Waals surface area contributed by atoms with Crippen LogP contribution in [0.3, 0.4) is 0 Å². The van der Waals surface area contributed by atoms with Crippen LogP contribution < -0.4 is 4.74 Å². The molecule has 272 valence electrons. The first-order chi connectivity index (χ1) is 27.0. The van der Waals surface area contributed by atoms with Gasteiger partial charge in [-0.3, -0.25) is 0 Å². The molecule has 0 aliphatic carbocycles. The third-order valence-electron chi connectivity index (χ3n) is 10.0. The van der Waals surface area contributed by atoms with E-state index in [0.29, 0.717) is 26.2 Å². The van der Waals surface area contributed by atoms with Crippen molar-refractivity contribution in [1.82, 2.24) is 39.1 Å². The highest BCUT2D eigenvalue weighted by atomic mass is 79.9. The van der Waals surface area contributed by atoms with Crippen molar-refractivity contribution >= 4 is 53.7 Å². The average Bonchev–Trinajstić information content (AvgIpc) is 4.00. The zero-order chi connectivity index (χ0) is 37.3. The van der Waals surface area contributed by atoms with Crippen LogP contribution in [0.15, 0.2) is 155 Å². The first kappa shape index (κ1) is 35.0. The fraction of sp³-hybridized carbons (Fsp3) is 0.136. The summed E-state index contributed by atoms with van der Waals surface area (Å²) >= 11 is 7.59. The van der Waals surface area contributed by atoms with Gasteiger partial charge in [-0.25, -0.2) is 9.36 Å². The zero-order valence-electron chi connectivity index (χ0n) is 30.0. The molecule has 11 heteroatoms. The SMILES string of the molecule is COc1ccc(C(c2cn(Cc3cn(Cc4ccccc4)nn3)c3ccc(Br)cc23)c2cn(Cc3cn(Cc4ccccc4)nn3)c3ccc(Br)cc23)cc1. The van der Waals surface area contributed by atoms with Gasteiger partial charge < -0.3 is 13.9 Å². The van der Waals surface area contributed by atoms with Crippen molar-refractivity contribution in [3.8, 4) is 5.75 Å². The molecule has 9 nitrogen and oxygen atoms in total. The van der Waals surface area contributed by atoms with Crippen LogP contribution in [-0.2, 0) is 26.2 Å². The minimum absolute atomic E-state index is 0.121. The van der Waals surface area contributed by atoms with Gasteiger partial charge in [-0.2, -0.15) is 0 Å². The van der Waals surface area contributed by atoms with Gasteiger partial charge in [0.25, 0.3) is 0 Å². The van der Waals surface area contributed by atoms with Crippen LogP contribution >= 0.6 is 31.9 Å². The number of benzene rings is 5. The molecule has 0 saturated carbocycles. The van der Waals surface area contributed by atoms with Gasteiger partial charge in [-0.15, -0.1) is 10.2 Å². The van der Waals surface area contributed by atoms with Crippen LogP contribution in [0.2, 0.25) is 0 Å². The van der Waals surface area contributed by atoms with Crippen molar-refractivity contribution in [2.24, 2.45) is 0 Å². The second-order valence-electron chi connectivity index (χ2n) is 13.7. The van der Waals surface area contributed by atoms with Gasteiger partial charge in [-0.1, -0.05) is 115 Å². The van der Waals surface area contributed by atoms with Crippen molar-refractivity contribution in [2.45, 2.75) is 32.1 Å². The maximum absolute atomic E-state index is 5.60. The van der Waals surface area contributed by atoms with Crippen LogP contribution in [0.1, 0.15) is 45.1 Å². The largest absolute Gasteiger partial charge is 0.497 e. The van der Waals surface area contributed by atoms with E-state index >= 15 is 0 Å². The minimum atomic E-state index is -0.121. The molecule has 9 aromatic rings. The molecule has 0 N–H and O–H groups in total. The first-order valence-electron chi connectivity index (χ1n) is 18.0. The predicted octanol–water partition coefficient (Wildman–Crippen LogP) is 9.69. The lowest BCUT2D eigenvalue weighted by Gasteiger charge is -2.18. The highest BCUT2D eigenvalue weighted by molar-refractivity contribution is 9.10. The Labute approximate surface area is 335 Å². The van der Waals surface area contributed by atoms with Crippen LogP contribution in [0, 0.1) is 0 Å². The van der Waals surface area contributed by atoms with Crippen LogP contribution in [-0.4, -0.2) is 46.2 Å². The maximum Gasteiger partial charge on any atom is 0.118 e. The maximum atomic E-state index is 5.60. The number of fused-ring (bicyclic) bond motifs is 2. The zero-order valence-corrected chi connectivity index (χ0v) is 33.2. The van der Waals surface area contributed by atoms with E-state index in [1.807, 2.05) is 70.3 Å². The molecule has 0 amide bonds. The van der Waals surface area contributed by atoms with Crippen molar-refractivity contribution in [2.75, 3.05) is 7.11 Å². The molecule has 4 aromatic heterocycles. The van der Waals surface area contributed by atoms with E-state index in [9.17, 15) is 0 Å². The molecule has 0 atom stereocenters. The third kappa shape index (κ3) is 7.37. The monoisotopic (exact) mass is 850 g/mol. The van der Waals surface area contributed by atoms with Gasteiger partial charge in [0, 0.05) is 49.1 Å². The number of rotatable bonds is 12. The van der Waals surface area contributed by atoms with E-state index in [1.165, 1.54) is 22.3 Å². The Morgan fingerprint density at radius 2 is 1.02 bits per heavy atom. The van der Waals surface area contributed by atoms with Crippen molar-refractivity contribution in [3.05, 3.63) is 194 Å². The molecule has 0 aliphatic heterocycles. The Balaban J connectivity index is 1.14. The number of ether oxygens (including phenoxy) is 1. The standard InChI is InChI=1S/C44H36Br2N8O/c1-55-37-16-12-32(13-17-37)44(40-28-51(42-18-14-33(45)20-38(40)42)24-35-26-53(49-47-35)22-30-8-4-2-5-9-30)41-29-52(43-19-15-34(46)21-39(41)43)25-36-27-54(50-48-36)23-31-10-6-3-7-11-31/h2-21,26-29,44H,22-25H2,1H3. The quantitative estimate of drug-likeness (QED) is 0.122. The van der Waals surface area contributed by atoms with Gasteiger partial charge in [0.2, 0.25) is 0 Å². The first-order valence-corrected chi connectivity index (χ1v) is 19.6. The Kier molecular flexibility index (Phi) is 9.63. The second-order valence-corrected chi connectivity index (χ2v) is 15.6. The van der Waals surface area contributed by atoms with E-state index in [2.05, 4.69) is 147 Å². The Hall–Kier alpha value is -5.78. The lowest BCUT2D eigenvalue weighted by atomic mass is 9.85. The van der Waals surface area contributed by atoms with Gasteiger partial charge in [0.05, 0.1) is 45.7 Å². The summed E-state index contributed by atoms with van der Waals surface area (Å²) < 4.78 is 16.0. The number of aromatic nitrogens is 8. The fourth-order valence-corrected chi connectivity index (χ4v) is 8.23. The summed E-state index contributed by atoms with van der Waals surface area (Å²) in [7, 11) is 1.70. The van der Waals surface area contributed by atoms with Gasteiger partial charge >= 0.3 is 0 Å². The van der Waals surface area contributed by atoms with Crippen LogP contribution in [0.25, 0.3) is 21.8 Å². The molecule has 0 saturated heterocycles. The van der Waals surface area contributed by atoms with E-state index < -0.39 is 0 Å². The number of hydrogen-bond donors (Lipinski definition) is 0. The molecule has 0 unspecified atom stereocenters. The number of methoxy groups -OCH3 is 1. The second kappa shape index (κ2) is 15.2. The molecular weight excluding hydrogens is 816 g/mol. The van der Waals surface area contributed by atoms with Gasteiger partial charge in [0.1, 0.15) is 17.1 Å². The Morgan fingerprint density at radius 1 is 0.545 bits per heavy atom. The molecule has 0 radical (unpaired) electrons. The minimum Gasteiger partial charge on any atom is -0.497 e. The predicted molar refractivity (Wildman–Crippen MR) is 223 cm³/mol. The lowest BCUT2D eigenvalue weighted by molar-refractivity contribution is 0.414. The summed E-state index contributed by atoms with van der Waals surface area (Å²) in [4.78, 5) is 0. The Bertz CT molecular complexity index is 2570. The summed E-state index contributed by atoms with van der Waals surface area (Å²) in [5.41, 5.74) is 9.92. The topological polar surface area (TPSA) is 80.5 Å². The number of halogens is 2. The molecule has 0 aliphatic rings. The molecule has 0 fully saturated rings. The van der Waals surface area contributed by atoms with E-state index in [1.54, 1.807) is 7.11 Å². The molecule has 0 spiro atoms. The van der Waals surface area contributed by atoms with E-state index in [-0.39, 0.29) is 5.92 Å². The lowest BCUT2D eigenvalue weighted by Crippen LogP contribution is -2.04. The summed E-state index contributed by atoms with van der Waals surface area (Å²) in [6, 6.07) is 42.1. The highest BCUT2D eigenvalue weighted by Crippen LogP contribution is 2.42. The summed E-state index contributed by atoms with van der Waals surface area (Å²) in [5.74, 6) is 0.694. The Morgan fingerprint density at radius 3 is 1.47 bits per heavy atom. The molecule has 55 heavy (non-hydrogen) atoms. The number of nitrogens with zero attached hydrogens (tertiary/aromatic N) is 8. The number of hydrogen-bond acceptors (Lipinski definition) is 5. The van der Waals surface area contributed by atoms with E-state index in [4.69, 9.17) is 4.74 Å². The molecule has 5 aromatic carbocycles. The van der Waals surface area contributed by atoms with Gasteiger partial charge in [-0.05, 0) is 76.3 Å². The summed E-state index contributed by atoms with van der Waals surface area (Å²) in [5, 5.41) is 20.4. The highest BCUT2D eigenvalue weighted by Gasteiger charge is 2.27. The fourth-order valence-electron chi connectivity index (χ4n) is 7.51. The molecule has 4 heterocycles. The average molecular weight is 853 g/mol. The van der Waals surface area contributed by atoms with Gasteiger partial charge in [0.15, 0.2) is 0 Å². The normalized spacial score (nSPS) is 11.6. The van der Waals surface area contributed by atoms with Crippen molar-refractivity contribution in [3.63, 3.8) is 0 Å². The van der Waals surface area contributed by atoms with E-state index in [0.717, 1.165) is 53.5 Å². The molecule has 9 rings (SSSR count). The molecule has 0 bridgehead atoms. The smallest absolute Gasteiger partial charge is 0.118 e. The van der Waals surface area contributed by atoms with Crippen molar-refractivity contribution in [1.29, 1.82) is 0 Å².